The number of piperidine rings is 1. The van der Waals surface area contributed by atoms with Gasteiger partial charge in [0.15, 0.2) is 0 Å². The Morgan fingerprint density at radius 1 is 1.14 bits per heavy atom. The maximum absolute atomic E-state index is 11.6. The average molecular weight is 304 g/mol. The fourth-order valence-corrected chi connectivity index (χ4v) is 3.03. The zero-order valence-electron chi connectivity index (χ0n) is 12.1. The number of H-pyrrole nitrogens is 2. The van der Waals surface area contributed by atoms with Crippen LogP contribution in [-0.4, -0.2) is 28.0 Å². The van der Waals surface area contributed by atoms with E-state index >= 15 is 0 Å². The van der Waals surface area contributed by atoms with Gasteiger partial charge in [0.05, 0.1) is 27.2 Å². The van der Waals surface area contributed by atoms with E-state index in [1.54, 1.807) is 6.92 Å². The fraction of sp³-hybridized carbons (Fsp3) is 0.429. The van der Waals surface area contributed by atoms with Crippen molar-refractivity contribution in [2.24, 2.45) is 0 Å². The molecule has 0 unspecified atom stereocenters. The Morgan fingerprint density at radius 2 is 1.77 bits per heavy atom. The van der Waals surface area contributed by atoms with Gasteiger partial charge in [0.25, 0.3) is 5.69 Å². The Hall–Kier alpha value is -2.64. The van der Waals surface area contributed by atoms with E-state index in [0.717, 1.165) is 32.4 Å². The van der Waals surface area contributed by atoms with Gasteiger partial charge in [-0.15, -0.1) is 0 Å². The minimum Gasteiger partial charge on any atom is -0.369 e. The quantitative estimate of drug-likeness (QED) is 0.495. The second kappa shape index (κ2) is 5.28. The molecule has 1 saturated heterocycles. The summed E-state index contributed by atoms with van der Waals surface area (Å²) in [6, 6.07) is 1.30. The van der Waals surface area contributed by atoms with Crippen LogP contribution < -0.4 is 16.0 Å². The number of aromatic amines is 2. The number of fused-ring (bicyclic) bond motifs is 1. The van der Waals surface area contributed by atoms with Gasteiger partial charge in [-0.3, -0.25) is 19.7 Å². The highest BCUT2D eigenvalue weighted by atomic mass is 16.6. The van der Waals surface area contributed by atoms with E-state index in [-0.39, 0.29) is 11.2 Å². The van der Waals surface area contributed by atoms with Crippen molar-refractivity contribution < 1.29 is 4.92 Å². The van der Waals surface area contributed by atoms with Crippen LogP contribution in [0.25, 0.3) is 11.0 Å². The molecule has 0 amide bonds. The first-order chi connectivity index (χ1) is 10.5. The van der Waals surface area contributed by atoms with Crippen LogP contribution in [0.3, 0.4) is 0 Å². The fourth-order valence-electron chi connectivity index (χ4n) is 3.03. The van der Waals surface area contributed by atoms with E-state index in [4.69, 9.17) is 0 Å². The lowest BCUT2D eigenvalue weighted by Gasteiger charge is -2.30. The zero-order chi connectivity index (χ0) is 15.9. The minimum atomic E-state index is -0.810. The molecule has 22 heavy (non-hydrogen) atoms. The van der Waals surface area contributed by atoms with Gasteiger partial charge in [-0.2, -0.15) is 0 Å². The average Bonchev–Trinajstić information content (AvgIpc) is 2.49. The number of aromatic nitrogens is 2. The second-order valence-corrected chi connectivity index (χ2v) is 5.50. The van der Waals surface area contributed by atoms with E-state index < -0.39 is 16.0 Å². The highest BCUT2D eigenvalue weighted by Gasteiger charge is 2.24. The number of nitrogens with zero attached hydrogens (tertiary/aromatic N) is 2. The van der Waals surface area contributed by atoms with Crippen molar-refractivity contribution in [3.8, 4) is 0 Å². The van der Waals surface area contributed by atoms with Crippen LogP contribution in [0.2, 0.25) is 0 Å². The summed E-state index contributed by atoms with van der Waals surface area (Å²) >= 11 is 0. The number of rotatable bonds is 2. The zero-order valence-corrected chi connectivity index (χ0v) is 12.1. The molecule has 0 saturated carbocycles. The van der Waals surface area contributed by atoms with Gasteiger partial charge in [-0.25, -0.2) is 0 Å². The van der Waals surface area contributed by atoms with Crippen molar-refractivity contribution in [3.63, 3.8) is 0 Å². The van der Waals surface area contributed by atoms with E-state index in [1.165, 1.54) is 6.07 Å². The first-order valence-electron chi connectivity index (χ1n) is 7.18. The lowest BCUT2D eigenvalue weighted by molar-refractivity contribution is -0.385. The van der Waals surface area contributed by atoms with E-state index in [9.17, 15) is 19.7 Å². The molecule has 8 nitrogen and oxygen atoms in total. The van der Waals surface area contributed by atoms with E-state index in [1.807, 2.05) is 4.90 Å². The third-order valence-electron chi connectivity index (χ3n) is 4.09. The van der Waals surface area contributed by atoms with Crippen molar-refractivity contribution in [3.05, 3.63) is 42.5 Å². The molecule has 0 spiro atoms. The van der Waals surface area contributed by atoms with Gasteiger partial charge in [0.1, 0.15) is 0 Å². The molecule has 1 fully saturated rings. The molecular weight excluding hydrogens is 288 g/mol. The third kappa shape index (κ3) is 2.26. The molecule has 1 aromatic heterocycles. The lowest BCUT2D eigenvalue weighted by atomic mass is 10.0. The normalized spacial score (nSPS) is 15.2. The van der Waals surface area contributed by atoms with Crippen LogP contribution in [-0.2, 0) is 0 Å². The minimum absolute atomic E-state index is 0.0595. The number of nitro benzene ring substituents is 1. The summed E-state index contributed by atoms with van der Waals surface area (Å²) in [6.45, 7) is 3.22. The summed E-state index contributed by atoms with van der Waals surface area (Å²) in [4.78, 5) is 41.0. The number of nitro groups is 1. The first kappa shape index (κ1) is 14.3. The maximum Gasteiger partial charge on any atom is 0.314 e. The molecule has 0 radical (unpaired) electrons. The largest absolute Gasteiger partial charge is 0.369 e. The molecule has 1 aliphatic rings. The van der Waals surface area contributed by atoms with Crippen molar-refractivity contribution >= 4 is 22.4 Å². The third-order valence-corrected chi connectivity index (χ3v) is 4.09. The molecule has 0 aliphatic carbocycles. The number of benzene rings is 1. The molecule has 2 N–H and O–H groups in total. The van der Waals surface area contributed by atoms with Gasteiger partial charge in [0.2, 0.25) is 0 Å². The van der Waals surface area contributed by atoms with Crippen LogP contribution >= 0.6 is 0 Å². The van der Waals surface area contributed by atoms with Gasteiger partial charge in [-0.05, 0) is 26.2 Å². The Balaban J connectivity index is 2.36. The lowest BCUT2D eigenvalue weighted by Crippen LogP contribution is -2.33. The van der Waals surface area contributed by atoms with Crippen molar-refractivity contribution in [1.29, 1.82) is 0 Å². The Bertz CT molecular complexity index is 861. The molecule has 8 heteroatoms. The smallest absolute Gasteiger partial charge is 0.314 e. The Morgan fingerprint density at radius 3 is 2.41 bits per heavy atom. The Labute approximate surface area is 124 Å². The molecule has 0 atom stereocenters. The molecule has 1 aromatic carbocycles. The molecular formula is C14H16N4O4. The summed E-state index contributed by atoms with van der Waals surface area (Å²) < 4.78 is 0. The summed E-state index contributed by atoms with van der Waals surface area (Å²) in [7, 11) is 0. The first-order valence-corrected chi connectivity index (χ1v) is 7.18. The standard InChI is InChI=1S/C14H16N4O4/c1-8-10(18(21)22)7-9-11(16-14(20)13(19)15-9)12(8)17-5-3-2-4-6-17/h7H,2-6H2,1H3,(H,15,19)(H,16,20). The molecule has 1 aliphatic heterocycles. The van der Waals surface area contributed by atoms with Crippen molar-refractivity contribution in [1.82, 2.24) is 9.97 Å². The van der Waals surface area contributed by atoms with Crippen LogP contribution in [0, 0.1) is 17.0 Å². The van der Waals surface area contributed by atoms with E-state index in [0.29, 0.717) is 16.8 Å². The van der Waals surface area contributed by atoms with Crippen LogP contribution in [0.15, 0.2) is 15.7 Å². The summed E-state index contributed by atoms with van der Waals surface area (Å²) in [6.07, 6.45) is 3.12. The van der Waals surface area contributed by atoms with Crippen molar-refractivity contribution in [2.75, 3.05) is 18.0 Å². The number of anilines is 1. The van der Waals surface area contributed by atoms with E-state index in [2.05, 4.69) is 9.97 Å². The second-order valence-electron chi connectivity index (χ2n) is 5.50. The predicted octanol–water partition coefficient (Wildman–Crippen LogP) is 1.42. The van der Waals surface area contributed by atoms with Crippen molar-refractivity contribution in [2.45, 2.75) is 26.2 Å². The maximum atomic E-state index is 11.6. The topological polar surface area (TPSA) is 112 Å². The van der Waals surface area contributed by atoms with Gasteiger partial charge in [-0.1, -0.05) is 0 Å². The molecule has 3 rings (SSSR count). The highest BCUT2D eigenvalue weighted by Crippen LogP contribution is 2.35. The molecule has 2 aromatic rings. The highest BCUT2D eigenvalue weighted by molar-refractivity contribution is 5.93. The SMILES string of the molecule is Cc1c([N+](=O)[O-])cc2[nH]c(=O)c(=O)[nH]c2c1N1CCCCC1. The molecule has 116 valence electrons. The summed E-state index contributed by atoms with van der Waals surface area (Å²) in [5.41, 5.74) is 0.251. The molecule has 0 bridgehead atoms. The summed E-state index contributed by atoms with van der Waals surface area (Å²) in [5.74, 6) is 0. The number of hydrogen-bond donors (Lipinski definition) is 2. The van der Waals surface area contributed by atoms with Gasteiger partial charge < -0.3 is 14.9 Å². The van der Waals surface area contributed by atoms with Crippen LogP contribution in [0.4, 0.5) is 11.4 Å². The number of hydrogen-bond acceptors (Lipinski definition) is 5. The Kier molecular flexibility index (Phi) is 3.44. The van der Waals surface area contributed by atoms with Crippen LogP contribution in [0.1, 0.15) is 24.8 Å². The van der Waals surface area contributed by atoms with Gasteiger partial charge >= 0.3 is 11.1 Å². The van der Waals surface area contributed by atoms with Crippen LogP contribution in [0.5, 0.6) is 0 Å². The predicted molar refractivity (Wildman–Crippen MR) is 82.6 cm³/mol. The monoisotopic (exact) mass is 304 g/mol. The van der Waals surface area contributed by atoms with Gasteiger partial charge in [0, 0.05) is 19.2 Å². The summed E-state index contributed by atoms with van der Waals surface area (Å²) in [5, 5.41) is 11.3. The number of nitrogens with one attached hydrogen (secondary N) is 2. The molecule has 2 heterocycles.